The van der Waals surface area contributed by atoms with Crippen molar-refractivity contribution in [3.63, 3.8) is 0 Å². The van der Waals surface area contributed by atoms with Crippen molar-refractivity contribution < 1.29 is 27.2 Å². The highest BCUT2D eigenvalue weighted by molar-refractivity contribution is 7.89. The highest BCUT2D eigenvalue weighted by Gasteiger charge is 2.33. The van der Waals surface area contributed by atoms with Crippen LogP contribution in [0.1, 0.15) is 12.8 Å². The smallest absolute Gasteiger partial charge is 0.439 e. The van der Waals surface area contributed by atoms with Crippen LogP contribution in [0.4, 0.5) is 5.69 Å². The Hall–Kier alpha value is -3.64. The lowest BCUT2D eigenvalue weighted by molar-refractivity contribution is -0.120. The Morgan fingerprint density at radius 1 is 1.06 bits per heavy atom. The Labute approximate surface area is 194 Å². The normalized spacial score (nSPS) is 16.8. The Morgan fingerprint density at radius 3 is 2.56 bits per heavy atom. The van der Waals surface area contributed by atoms with Crippen molar-refractivity contribution in [2.24, 2.45) is 5.92 Å². The molecule has 0 aliphatic carbocycles. The molecule has 0 unspecified atom stereocenters. The number of hydrogen-bond donors (Lipinski definition) is 2. The zero-order valence-electron chi connectivity index (χ0n) is 18.0. The van der Waals surface area contributed by atoms with E-state index in [2.05, 4.69) is 20.0 Å². The van der Waals surface area contributed by atoms with Gasteiger partial charge in [0.15, 0.2) is 17.3 Å². The number of sulfonamides is 1. The molecule has 5 rings (SSSR count). The minimum Gasteiger partial charge on any atom is -0.486 e. The molecule has 1 amide bonds. The number of aromatic nitrogens is 2. The lowest BCUT2D eigenvalue weighted by Gasteiger charge is -2.31. The molecular formula is C22H22N4O7S. The van der Waals surface area contributed by atoms with Crippen LogP contribution < -0.4 is 20.5 Å². The molecule has 1 saturated heterocycles. The van der Waals surface area contributed by atoms with E-state index in [-0.39, 0.29) is 35.6 Å². The van der Waals surface area contributed by atoms with Gasteiger partial charge in [0.2, 0.25) is 15.9 Å². The molecule has 1 aromatic heterocycles. The number of ether oxygens (including phenoxy) is 2. The van der Waals surface area contributed by atoms with Crippen LogP contribution in [0, 0.1) is 5.92 Å². The summed E-state index contributed by atoms with van der Waals surface area (Å²) >= 11 is 0. The summed E-state index contributed by atoms with van der Waals surface area (Å²) in [5, 5.41) is 6.50. The molecule has 2 aromatic carbocycles. The summed E-state index contributed by atoms with van der Waals surface area (Å²) in [6.07, 6.45) is 0.790. The molecule has 12 heteroatoms. The molecule has 2 N–H and O–H groups in total. The SMILES string of the molecule is O=C(Nc1cccc(-c2noc(=O)[nH]2)c1)C1CCN(S(=O)(=O)c2ccc3c(c2)OCCO3)CC1. The fraction of sp³-hybridized carbons (Fsp3) is 0.318. The Bertz CT molecular complexity index is 1370. The average Bonchev–Trinajstić information content (AvgIpc) is 3.30. The van der Waals surface area contributed by atoms with E-state index in [0.29, 0.717) is 48.8 Å². The summed E-state index contributed by atoms with van der Waals surface area (Å²) < 4.78 is 43.1. The Kier molecular flexibility index (Phi) is 5.84. The molecule has 0 bridgehead atoms. The van der Waals surface area contributed by atoms with Gasteiger partial charge in [0, 0.05) is 36.3 Å². The quantitative estimate of drug-likeness (QED) is 0.556. The molecule has 34 heavy (non-hydrogen) atoms. The number of nitrogens with one attached hydrogen (secondary N) is 2. The van der Waals surface area contributed by atoms with E-state index in [4.69, 9.17) is 9.47 Å². The van der Waals surface area contributed by atoms with Crippen LogP contribution in [-0.2, 0) is 14.8 Å². The molecule has 2 aliphatic heterocycles. The summed E-state index contributed by atoms with van der Waals surface area (Å²) in [4.78, 5) is 26.6. The van der Waals surface area contributed by atoms with Crippen LogP contribution in [0.15, 0.2) is 56.7 Å². The zero-order valence-corrected chi connectivity index (χ0v) is 18.8. The van der Waals surface area contributed by atoms with Gasteiger partial charge < -0.3 is 14.8 Å². The predicted octanol–water partition coefficient (Wildman–Crippen LogP) is 1.84. The highest BCUT2D eigenvalue weighted by Crippen LogP contribution is 2.34. The third-order valence-electron chi connectivity index (χ3n) is 5.82. The molecule has 11 nitrogen and oxygen atoms in total. The number of piperidine rings is 1. The lowest BCUT2D eigenvalue weighted by Crippen LogP contribution is -2.41. The number of aromatic amines is 1. The van der Waals surface area contributed by atoms with Crippen molar-refractivity contribution in [2.45, 2.75) is 17.7 Å². The maximum atomic E-state index is 13.1. The molecule has 178 valence electrons. The van der Waals surface area contributed by atoms with Gasteiger partial charge in [0.1, 0.15) is 13.2 Å². The summed E-state index contributed by atoms with van der Waals surface area (Å²) in [6, 6.07) is 11.4. The fourth-order valence-corrected chi connectivity index (χ4v) is 5.52. The number of carbonyl (C=O) groups is 1. The van der Waals surface area contributed by atoms with Crippen molar-refractivity contribution in [3.05, 3.63) is 53.0 Å². The predicted molar refractivity (Wildman–Crippen MR) is 120 cm³/mol. The molecule has 3 heterocycles. The zero-order chi connectivity index (χ0) is 23.7. The van der Waals surface area contributed by atoms with Crippen LogP contribution in [0.5, 0.6) is 11.5 Å². The number of rotatable bonds is 5. The van der Waals surface area contributed by atoms with Gasteiger partial charge in [0.25, 0.3) is 0 Å². The monoisotopic (exact) mass is 486 g/mol. The number of hydrogen-bond acceptors (Lipinski definition) is 8. The second-order valence-electron chi connectivity index (χ2n) is 8.00. The van der Waals surface area contributed by atoms with Gasteiger partial charge >= 0.3 is 5.76 Å². The first-order valence-electron chi connectivity index (χ1n) is 10.8. The van der Waals surface area contributed by atoms with E-state index in [9.17, 15) is 18.0 Å². The molecular weight excluding hydrogens is 464 g/mol. The van der Waals surface area contributed by atoms with Crippen LogP contribution in [0.25, 0.3) is 11.4 Å². The number of anilines is 1. The van der Waals surface area contributed by atoms with Crippen molar-refractivity contribution in [2.75, 3.05) is 31.6 Å². The van der Waals surface area contributed by atoms with E-state index in [1.807, 2.05) is 0 Å². The van der Waals surface area contributed by atoms with E-state index < -0.39 is 15.8 Å². The van der Waals surface area contributed by atoms with Crippen molar-refractivity contribution in [3.8, 4) is 22.9 Å². The summed E-state index contributed by atoms with van der Waals surface area (Å²) in [7, 11) is -3.72. The number of carbonyl (C=O) groups excluding carboxylic acids is 1. The van der Waals surface area contributed by atoms with Crippen molar-refractivity contribution >= 4 is 21.6 Å². The van der Waals surface area contributed by atoms with Gasteiger partial charge in [-0.1, -0.05) is 17.3 Å². The topological polar surface area (TPSA) is 144 Å². The molecule has 0 radical (unpaired) electrons. The minimum atomic E-state index is -3.72. The molecule has 0 saturated carbocycles. The average molecular weight is 487 g/mol. The molecule has 3 aromatic rings. The molecule has 1 fully saturated rings. The number of amides is 1. The van der Waals surface area contributed by atoms with Gasteiger partial charge in [-0.05, 0) is 37.1 Å². The highest BCUT2D eigenvalue weighted by atomic mass is 32.2. The van der Waals surface area contributed by atoms with E-state index in [1.54, 1.807) is 30.3 Å². The fourth-order valence-electron chi connectivity index (χ4n) is 4.03. The number of nitrogens with zero attached hydrogens (tertiary/aromatic N) is 2. The van der Waals surface area contributed by atoms with Crippen molar-refractivity contribution in [1.82, 2.24) is 14.4 Å². The largest absolute Gasteiger partial charge is 0.486 e. The Morgan fingerprint density at radius 2 is 1.82 bits per heavy atom. The van der Waals surface area contributed by atoms with Gasteiger partial charge in [-0.25, -0.2) is 13.2 Å². The van der Waals surface area contributed by atoms with Crippen LogP contribution >= 0.6 is 0 Å². The first kappa shape index (κ1) is 22.2. The number of benzene rings is 2. The van der Waals surface area contributed by atoms with E-state index >= 15 is 0 Å². The van der Waals surface area contributed by atoms with Crippen LogP contribution in [0.3, 0.4) is 0 Å². The summed E-state index contributed by atoms with van der Waals surface area (Å²) in [5.41, 5.74) is 1.13. The molecule has 0 atom stereocenters. The van der Waals surface area contributed by atoms with E-state index in [1.165, 1.54) is 16.4 Å². The standard InChI is InChI=1S/C22H22N4O7S/c27-21(23-16-3-1-2-15(12-16)20-24-22(28)33-25-20)14-6-8-26(9-7-14)34(29,30)17-4-5-18-19(13-17)32-11-10-31-18/h1-5,12-14H,6-11H2,(H,23,27)(H,24,25,28). The van der Waals surface area contributed by atoms with Crippen LogP contribution in [0.2, 0.25) is 0 Å². The minimum absolute atomic E-state index is 0.141. The molecule has 2 aliphatic rings. The van der Waals surface area contributed by atoms with Gasteiger partial charge in [0.05, 0.1) is 4.90 Å². The van der Waals surface area contributed by atoms with Crippen molar-refractivity contribution in [1.29, 1.82) is 0 Å². The number of H-pyrrole nitrogens is 1. The second kappa shape index (κ2) is 8.95. The number of fused-ring (bicyclic) bond motifs is 1. The first-order valence-corrected chi connectivity index (χ1v) is 12.2. The first-order chi connectivity index (χ1) is 16.4. The third-order valence-corrected chi connectivity index (χ3v) is 7.71. The second-order valence-corrected chi connectivity index (χ2v) is 9.94. The van der Waals surface area contributed by atoms with E-state index in [0.717, 1.165) is 0 Å². The maximum Gasteiger partial charge on any atom is 0.439 e. The maximum absolute atomic E-state index is 13.1. The Balaban J connectivity index is 1.22. The van der Waals surface area contributed by atoms with Gasteiger partial charge in [-0.2, -0.15) is 4.31 Å². The molecule has 0 spiro atoms. The van der Waals surface area contributed by atoms with Gasteiger partial charge in [-0.15, -0.1) is 0 Å². The van der Waals surface area contributed by atoms with Crippen LogP contribution in [-0.4, -0.2) is 55.1 Å². The summed E-state index contributed by atoms with van der Waals surface area (Å²) in [6.45, 7) is 1.26. The van der Waals surface area contributed by atoms with Gasteiger partial charge in [-0.3, -0.25) is 14.3 Å². The third kappa shape index (κ3) is 4.41. The summed E-state index contributed by atoms with van der Waals surface area (Å²) in [5.74, 6) is 0.0172. The lowest BCUT2D eigenvalue weighted by atomic mass is 9.97.